The van der Waals surface area contributed by atoms with Gasteiger partial charge in [-0.3, -0.25) is 9.48 Å². The van der Waals surface area contributed by atoms with Crippen LogP contribution in [0.3, 0.4) is 0 Å². The fourth-order valence-corrected chi connectivity index (χ4v) is 5.49. The van der Waals surface area contributed by atoms with E-state index in [1.54, 1.807) is 24.4 Å². The van der Waals surface area contributed by atoms with E-state index in [4.69, 9.17) is 11.6 Å². The Balaban J connectivity index is 1.80. The molecule has 0 bridgehead atoms. The molecule has 1 unspecified atom stereocenters. The predicted molar refractivity (Wildman–Crippen MR) is 127 cm³/mol. The zero-order valence-electron chi connectivity index (χ0n) is 19.2. The van der Waals surface area contributed by atoms with Crippen LogP contribution in [0, 0.1) is 5.92 Å². The second-order valence-electron chi connectivity index (χ2n) is 9.48. The van der Waals surface area contributed by atoms with Crippen LogP contribution in [0.25, 0.3) is 0 Å². The monoisotopic (exact) mass is 497 g/mol. The summed E-state index contributed by atoms with van der Waals surface area (Å²) in [5.74, 6) is -0.0171. The number of aliphatic hydroxyl groups is 2. The Morgan fingerprint density at radius 3 is 2.55 bits per heavy atom. The Hall–Kier alpha value is -1.94. The first kappa shape index (κ1) is 25.7. The number of hydrogen-bond donors (Lipinski definition) is 3. The standard InChI is InChI=1S/C23H32ClN3O5S/c1-23(2,30)20(28)14-27-11-10-21(26-27)25-22(29)17(12-15-6-4-5-7-15)16-8-9-19(18(24)13-16)33(3,31)32/h8-11,13,15,17,20,28,30H,4-7,12,14H2,1-3H3,(H,25,26,29)/t17?,20-/m1/s1. The van der Waals surface area contributed by atoms with Gasteiger partial charge in [-0.05, 0) is 43.9 Å². The average molecular weight is 498 g/mol. The van der Waals surface area contributed by atoms with Gasteiger partial charge in [-0.1, -0.05) is 43.4 Å². The number of carbonyl (C=O) groups is 1. The molecule has 1 aliphatic rings. The van der Waals surface area contributed by atoms with E-state index in [1.165, 1.54) is 24.6 Å². The molecule has 3 N–H and O–H groups in total. The van der Waals surface area contributed by atoms with Gasteiger partial charge >= 0.3 is 0 Å². The molecule has 0 radical (unpaired) electrons. The van der Waals surface area contributed by atoms with E-state index in [1.807, 2.05) is 0 Å². The number of amides is 1. The Kier molecular flexibility index (Phi) is 7.88. The molecule has 1 aromatic carbocycles. The summed E-state index contributed by atoms with van der Waals surface area (Å²) in [6.07, 6.45) is 6.73. The van der Waals surface area contributed by atoms with Crippen molar-refractivity contribution in [2.75, 3.05) is 11.6 Å². The van der Waals surface area contributed by atoms with Crippen molar-refractivity contribution in [3.05, 3.63) is 41.0 Å². The first-order chi connectivity index (χ1) is 15.3. The van der Waals surface area contributed by atoms with E-state index in [9.17, 15) is 23.4 Å². The van der Waals surface area contributed by atoms with Crippen molar-refractivity contribution in [2.24, 2.45) is 5.92 Å². The number of anilines is 1. The Labute approximate surface area is 199 Å². The maximum absolute atomic E-state index is 13.3. The molecule has 0 saturated heterocycles. The molecule has 1 saturated carbocycles. The average Bonchev–Trinajstić information content (AvgIpc) is 3.36. The van der Waals surface area contributed by atoms with Crippen molar-refractivity contribution in [3.63, 3.8) is 0 Å². The van der Waals surface area contributed by atoms with Crippen molar-refractivity contribution in [2.45, 2.75) is 75.0 Å². The summed E-state index contributed by atoms with van der Waals surface area (Å²) in [7, 11) is -3.47. The van der Waals surface area contributed by atoms with Gasteiger partial charge in [-0.25, -0.2) is 8.42 Å². The molecule has 33 heavy (non-hydrogen) atoms. The van der Waals surface area contributed by atoms with Crippen molar-refractivity contribution >= 4 is 33.2 Å². The first-order valence-corrected chi connectivity index (χ1v) is 13.4. The van der Waals surface area contributed by atoms with E-state index in [0.717, 1.165) is 31.9 Å². The third-order valence-corrected chi connectivity index (χ3v) is 7.77. The summed E-state index contributed by atoms with van der Waals surface area (Å²) in [5, 5.41) is 27.2. The van der Waals surface area contributed by atoms with Crippen LogP contribution in [0.2, 0.25) is 5.02 Å². The van der Waals surface area contributed by atoms with Crippen LogP contribution in [0.5, 0.6) is 0 Å². The van der Waals surface area contributed by atoms with Gasteiger partial charge in [0.05, 0.1) is 28.0 Å². The number of nitrogens with one attached hydrogen (secondary N) is 1. The second-order valence-corrected chi connectivity index (χ2v) is 11.9. The molecule has 1 amide bonds. The SMILES string of the molecule is CC(C)(O)[C@H](O)Cn1ccc(NC(=O)C(CC2CCCC2)c2ccc(S(C)(=O)=O)c(Cl)c2)n1. The Morgan fingerprint density at radius 2 is 1.97 bits per heavy atom. The lowest BCUT2D eigenvalue weighted by atomic mass is 9.87. The molecule has 182 valence electrons. The van der Waals surface area contributed by atoms with Gasteiger partial charge < -0.3 is 15.5 Å². The van der Waals surface area contributed by atoms with Gasteiger partial charge in [-0.15, -0.1) is 0 Å². The van der Waals surface area contributed by atoms with Gasteiger partial charge in [0, 0.05) is 18.5 Å². The molecule has 2 aromatic rings. The Morgan fingerprint density at radius 1 is 1.30 bits per heavy atom. The number of benzene rings is 1. The molecule has 10 heteroatoms. The molecule has 1 aliphatic carbocycles. The summed E-state index contributed by atoms with van der Waals surface area (Å²) >= 11 is 6.26. The number of sulfone groups is 1. The van der Waals surface area contributed by atoms with E-state index >= 15 is 0 Å². The van der Waals surface area contributed by atoms with E-state index in [-0.39, 0.29) is 22.4 Å². The molecule has 3 rings (SSSR count). The smallest absolute Gasteiger partial charge is 0.233 e. The van der Waals surface area contributed by atoms with Gasteiger partial charge in [0.15, 0.2) is 15.7 Å². The number of rotatable bonds is 9. The number of aromatic nitrogens is 2. The number of nitrogens with zero attached hydrogens (tertiary/aromatic N) is 2. The first-order valence-electron chi connectivity index (χ1n) is 11.1. The van der Waals surface area contributed by atoms with Crippen LogP contribution in [0.1, 0.15) is 57.4 Å². The highest BCUT2D eigenvalue weighted by Gasteiger charge is 2.29. The van der Waals surface area contributed by atoms with Crippen LogP contribution in [-0.4, -0.2) is 52.3 Å². The molecule has 1 heterocycles. The highest BCUT2D eigenvalue weighted by Crippen LogP contribution is 2.36. The molecule has 1 aromatic heterocycles. The largest absolute Gasteiger partial charge is 0.388 e. The van der Waals surface area contributed by atoms with Crippen molar-refractivity contribution in [1.29, 1.82) is 0 Å². The maximum Gasteiger partial charge on any atom is 0.233 e. The fourth-order valence-electron chi connectivity index (χ4n) is 4.15. The molecule has 8 nitrogen and oxygen atoms in total. The lowest BCUT2D eigenvalue weighted by Gasteiger charge is -2.24. The van der Waals surface area contributed by atoms with Crippen LogP contribution in [0.4, 0.5) is 5.82 Å². The van der Waals surface area contributed by atoms with Crippen LogP contribution in [-0.2, 0) is 21.2 Å². The molecule has 0 spiro atoms. The van der Waals surface area contributed by atoms with Crippen LogP contribution in [0.15, 0.2) is 35.4 Å². The van der Waals surface area contributed by atoms with Crippen LogP contribution >= 0.6 is 11.6 Å². The molecular weight excluding hydrogens is 466 g/mol. The fraction of sp³-hybridized carbons (Fsp3) is 0.565. The van der Waals surface area contributed by atoms with Crippen molar-refractivity contribution in [1.82, 2.24) is 9.78 Å². The minimum atomic E-state index is -3.47. The zero-order chi connectivity index (χ0) is 24.4. The number of aliphatic hydroxyl groups excluding tert-OH is 1. The molecule has 2 atom stereocenters. The maximum atomic E-state index is 13.3. The van der Waals surface area contributed by atoms with Crippen molar-refractivity contribution in [3.8, 4) is 0 Å². The highest BCUT2D eigenvalue weighted by molar-refractivity contribution is 7.90. The van der Waals surface area contributed by atoms with Gasteiger partial charge in [0.2, 0.25) is 5.91 Å². The normalized spacial score (nSPS) is 17.2. The zero-order valence-corrected chi connectivity index (χ0v) is 20.7. The summed E-state index contributed by atoms with van der Waals surface area (Å²) in [4.78, 5) is 13.3. The minimum Gasteiger partial charge on any atom is -0.388 e. The summed E-state index contributed by atoms with van der Waals surface area (Å²) in [6.45, 7) is 3.10. The van der Waals surface area contributed by atoms with E-state index in [2.05, 4.69) is 10.4 Å². The Bertz CT molecular complexity index is 1090. The second kappa shape index (κ2) is 10.1. The highest BCUT2D eigenvalue weighted by atomic mass is 35.5. The van der Waals surface area contributed by atoms with Crippen molar-refractivity contribution < 1.29 is 23.4 Å². The number of halogens is 1. The van der Waals surface area contributed by atoms with E-state index in [0.29, 0.717) is 23.7 Å². The molecule has 0 aliphatic heterocycles. The molecule has 1 fully saturated rings. The summed E-state index contributed by atoms with van der Waals surface area (Å²) < 4.78 is 25.3. The quantitative estimate of drug-likeness (QED) is 0.488. The van der Waals surface area contributed by atoms with E-state index < -0.39 is 27.5 Å². The summed E-state index contributed by atoms with van der Waals surface area (Å²) in [5.41, 5.74) is -0.618. The third-order valence-electron chi connectivity index (χ3n) is 6.19. The lowest BCUT2D eigenvalue weighted by Crippen LogP contribution is -2.39. The van der Waals surface area contributed by atoms with Gasteiger partial charge in [-0.2, -0.15) is 5.10 Å². The minimum absolute atomic E-state index is 0.0389. The number of carbonyl (C=O) groups excluding carboxylic acids is 1. The summed E-state index contributed by atoms with van der Waals surface area (Å²) in [6, 6.07) is 6.30. The lowest BCUT2D eigenvalue weighted by molar-refractivity contribution is -0.118. The predicted octanol–water partition coefficient (Wildman–Crippen LogP) is 3.37. The molecular formula is C23H32ClN3O5S. The van der Waals surface area contributed by atoms with Gasteiger partial charge in [0.25, 0.3) is 0 Å². The topological polar surface area (TPSA) is 122 Å². The number of hydrogen-bond acceptors (Lipinski definition) is 6. The third kappa shape index (κ3) is 6.79. The van der Waals surface area contributed by atoms with Gasteiger partial charge in [0.1, 0.15) is 6.10 Å². The van der Waals surface area contributed by atoms with Crippen LogP contribution < -0.4 is 5.32 Å².